The third kappa shape index (κ3) is 4.79. The fourth-order valence-electron chi connectivity index (χ4n) is 1.80. The van der Waals surface area contributed by atoms with Gasteiger partial charge >= 0.3 is 0 Å². The van der Waals surface area contributed by atoms with Crippen LogP contribution in [0.1, 0.15) is 22.2 Å². The molecule has 2 aromatic heterocycles. The molecule has 2 heterocycles. The predicted molar refractivity (Wildman–Crippen MR) is 94.2 cm³/mol. The first-order valence-electron chi connectivity index (χ1n) is 6.52. The zero-order valence-electron chi connectivity index (χ0n) is 11.5. The number of thiophene rings is 1. The minimum Gasteiger partial charge on any atom is -0.370 e. The van der Waals surface area contributed by atoms with Crippen LogP contribution in [0.15, 0.2) is 32.7 Å². The molecule has 0 aliphatic rings. The number of hydrogen-bond acceptors (Lipinski definition) is 4. The van der Waals surface area contributed by atoms with Gasteiger partial charge in [0, 0.05) is 28.6 Å². The highest BCUT2D eigenvalue weighted by molar-refractivity contribution is 9.11. The van der Waals surface area contributed by atoms with Crippen molar-refractivity contribution < 1.29 is 4.79 Å². The van der Waals surface area contributed by atoms with Crippen molar-refractivity contribution in [2.45, 2.75) is 13.3 Å². The quantitative estimate of drug-likeness (QED) is 0.723. The number of hydrogen-bond donors (Lipinski definition) is 2. The maximum atomic E-state index is 12.3. The van der Waals surface area contributed by atoms with Gasteiger partial charge in [0.2, 0.25) is 0 Å². The maximum Gasteiger partial charge on any atom is 0.255 e. The van der Waals surface area contributed by atoms with Crippen LogP contribution in [0, 0.1) is 0 Å². The fraction of sp³-hybridized carbons (Fsp3) is 0.286. The Kier molecular flexibility index (Phi) is 6.20. The van der Waals surface area contributed by atoms with Crippen LogP contribution in [0.25, 0.3) is 0 Å². The second-order valence-electron chi connectivity index (χ2n) is 4.29. The van der Waals surface area contributed by atoms with E-state index in [1.165, 1.54) is 4.88 Å². The molecule has 0 radical (unpaired) electrons. The van der Waals surface area contributed by atoms with E-state index in [0.29, 0.717) is 17.9 Å². The molecule has 112 valence electrons. The van der Waals surface area contributed by atoms with Gasteiger partial charge in [0.15, 0.2) is 0 Å². The van der Waals surface area contributed by atoms with Gasteiger partial charge < -0.3 is 10.6 Å². The summed E-state index contributed by atoms with van der Waals surface area (Å²) in [7, 11) is 0. The van der Waals surface area contributed by atoms with Crippen LogP contribution in [0.2, 0.25) is 0 Å². The Morgan fingerprint density at radius 1 is 1.38 bits per heavy atom. The summed E-state index contributed by atoms with van der Waals surface area (Å²) >= 11 is 8.47. The van der Waals surface area contributed by atoms with Crippen molar-refractivity contribution >= 4 is 54.9 Å². The van der Waals surface area contributed by atoms with Gasteiger partial charge in [0.25, 0.3) is 5.91 Å². The largest absolute Gasteiger partial charge is 0.370 e. The summed E-state index contributed by atoms with van der Waals surface area (Å²) in [4.78, 5) is 17.7. The number of anilines is 1. The van der Waals surface area contributed by atoms with E-state index in [1.54, 1.807) is 23.6 Å². The molecule has 0 saturated heterocycles. The molecule has 0 aliphatic carbocycles. The Balaban J connectivity index is 1.97. The van der Waals surface area contributed by atoms with Crippen LogP contribution in [0.4, 0.5) is 5.82 Å². The molecule has 0 atom stereocenters. The molecular formula is C14H15Br2N3OS. The van der Waals surface area contributed by atoms with Gasteiger partial charge in [-0.15, -0.1) is 11.3 Å². The summed E-state index contributed by atoms with van der Waals surface area (Å²) in [6.07, 6.45) is 2.50. The van der Waals surface area contributed by atoms with Crippen molar-refractivity contribution in [3.63, 3.8) is 0 Å². The average Bonchev–Trinajstić information content (AvgIpc) is 2.86. The summed E-state index contributed by atoms with van der Waals surface area (Å²) in [5.41, 5.74) is 0.554. The summed E-state index contributed by atoms with van der Waals surface area (Å²) in [5, 5.41) is 6.03. The number of pyridine rings is 1. The number of rotatable bonds is 6. The summed E-state index contributed by atoms with van der Waals surface area (Å²) in [5.74, 6) is 0.493. The molecular weight excluding hydrogens is 418 g/mol. The van der Waals surface area contributed by atoms with Crippen molar-refractivity contribution in [1.29, 1.82) is 0 Å². The second kappa shape index (κ2) is 7.91. The standard InChI is InChI=1S/C14H15Br2N3OS/c1-2-17-13-11(7-9(15)8-19-13)14(20)18-6-5-10-3-4-12(16)21-10/h3-4,7-8H,2,5-6H2,1H3,(H,17,19)(H,18,20). The number of aromatic nitrogens is 1. The predicted octanol–water partition coefficient (Wildman–Crippen LogP) is 4.07. The normalized spacial score (nSPS) is 10.4. The van der Waals surface area contributed by atoms with Gasteiger partial charge in [-0.3, -0.25) is 4.79 Å². The van der Waals surface area contributed by atoms with Gasteiger partial charge in [0.05, 0.1) is 9.35 Å². The van der Waals surface area contributed by atoms with Crippen molar-refractivity contribution in [3.8, 4) is 0 Å². The van der Waals surface area contributed by atoms with E-state index in [-0.39, 0.29) is 5.91 Å². The highest BCUT2D eigenvalue weighted by atomic mass is 79.9. The fourth-order valence-corrected chi connectivity index (χ4v) is 3.62. The number of carbonyl (C=O) groups is 1. The monoisotopic (exact) mass is 431 g/mol. The lowest BCUT2D eigenvalue weighted by Crippen LogP contribution is -2.26. The molecule has 7 heteroatoms. The van der Waals surface area contributed by atoms with Crippen LogP contribution in [-0.4, -0.2) is 24.0 Å². The number of carbonyl (C=O) groups excluding carboxylic acids is 1. The number of nitrogens with zero attached hydrogens (tertiary/aromatic N) is 1. The van der Waals surface area contributed by atoms with Crippen molar-refractivity contribution in [2.75, 3.05) is 18.4 Å². The van der Waals surface area contributed by atoms with Gasteiger partial charge in [-0.25, -0.2) is 4.98 Å². The molecule has 0 aliphatic heterocycles. The molecule has 4 nitrogen and oxygen atoms in total. The highest BCUT2D eigenvalue weighted by Crippen LogP contribution is 2.22. The lowest BCUT2D eigenvalue weighted by Gasteiger charge is -2.10. The average molecular weight is 433 g/mol. The Morgan fingerprint density at radius 3 is 2.86 bits per heavy atom. The minimum absolute atomic E-state index is 0.115. The van der Waals surface area contributed by atoms with E-state index in [1.807, 2.05) is 13.0 Å². The zero-order chi connectivity index (χ0) is 15.2. The molecule has 0 saturated carbocycles. The van der Waals surface area contributed by atoms with E-state index in [2.05, 4.69) is 53.5 Å². The molecule has 21 heavy (non-hydrogen) atoms. The minimum atomic E-state index is -0.115. The molecule has 2 N–H and O–H groups in total. The Bertz CT molecular complexity index is 630. The molecule has 2 rings (SSSR count). The van der Waals surface area contributed by atoms with Gasteiger partial charge in [0.1, 0.15) is 5.82 Å². The lowest BCUT2D eigenvalue weighted by molar-refractivity contribution is 0.0954. The van der Waals surface area contributed by atoms with E-state index in [9.17, 15) is 4.79 Å². The summed E-state index contributed by atoms with van der Waals surface area (Å²) in [6.45, 7) is 3.29. The Morgan fingerprint density at radius 2 is 2.19 bits per heavy atom. The van der Waals surface area contributed by atoms with E-state index >= 15 is 0 Å². The van der Waals surface area contributed by atoms with Gasteiger partial charge in [-0.05, 0) is 63.4 Å². The van der Waals surface area contributed by atoms with Crippen LogP contribution in [-0.2, 0) is 6.42 Å². The number of halogens is 2. The SMILES string of the molecule is CCNc1ncc(Br)cc1C(=O)NCCc1ccc(Br)s1. The molecule has 1 amide bonds. The van der Waals surface area contributed by atoms with E-state index in [4.69, 9.17) is 0 Å². The number of amides is 1. The first-order valence-corrected chi connectivity index (χ1v) is 8.92. The van der Waals surface area contributed by atoms with Crippen LogP contribution in [0.3, 0.4) is 0 Å². The zero-order valence-corrected chi connectivity index (χ0v) is 15.4. The third-order valence-electron chi connectivity index (χ3n) is 2.73. The van der Waals surface area contributed by atoms with Crippen molar-refractivity contribution in [3.05, 3.63) is 43.1 Å². The summed E-state index contributed by atoms with van der Waals surface area (Å²) in [6, 6.07) is 5.86. The molecule has 0 unspecified atom stereocenters. The molecule has 0 aromatic carbocycles. The molecule has 2 aromatic rings. The van der Waals surface area contributed by atoms with E-state index < -0.39 is 0 Å². The summed E-state index contributed by atoms with van der Waals surface area (Å²) < 4.78 is 1.89. The van der Waals surface area contributed by atoms with Gasteiger partial charge in [-0.2, -0.15) is 0 Å². The first-order chi connectivity index (χ1) is 10.1. The Labute approximate surface area is 144 Å². The van der Waals surface area contributed by atoms with E-state index in [0.717, 1.165) is 21.2 Å². The van der Waals surface area contributed by atoms with Crippen molar-refractivity contribution in [1.82, 2.24) is 10.3 Å². The first kappa shape index (κ1) is 16.5. The number of nitrogens with one attached hydrogen (secondary N) is 2. The van der Waals surface area contributed by atoms with Crippen LogP contribution < -0.4 is 10.6 Å². The molecule has 0 fully saturated rings. The van der Waals surface area contributed by atoms with Crippen LogP contribution in [0.5, 0.6) is 0 Å². The van der Waals surface area contributed by atoms with Crippen LogP contribution >= 0.6 is 43.2 Å². The topological polar surface area (TPSA) is 54.0 Å². The highest BCUT2D eigenvalue weighted by Gasteiger charge is 2.12. The van der Waals surface area contributed by atoms with Crippen molar-refractivity contribution in [2.24, 2.45) is 0 Å². The van der Waals surface area contributed by atoms with Gasteiger partial charge in [-0.1, -0.05) is 0 Å². The Hall–Kier alpha value is -0.920. The lowest BCUT2D eigenvalue weighted by atomic mass is 10.2. The molecule has 0 spiro atoms. The molecule has 0 bridgehead atoms. The second-order valence-corrected chi connectivity index (χ2v) is 7.75. The third-order valence-corrected chi connectivity index (χ3v) is 4.85. The maximum absolute atomic E-state index is 12.3. The smallest absolute Gasteiger partial charge is 0.255 e.